The molecule has 0 N–H and O–H groups in total. The molecule has 3 aromatic rings. The van der Waals surface area contributed by atoms with Gasteiger partial charge in [0.25, 0.3) is 0 Å². The molecule has 0 saturated heterocycles. The van der Waals surface area contributed by atoms with E-state index >= 15 is 0 Å². The van der Waals surface area contributed by atoms with Gasteiger partial charge in [0.2, 0.25) is 0 Å². The number of hydrogen-bond acceptors (Lipinski definition) is 5. The molecular weight excluding hydrogens is 294 g/mol. The summed E-state index contributed by atoms with van der Waals surface area (Å²) in [5.74, 6) is 0.677. The zero-order valence-corrected chi connectivity index (χ0v) is 13.2. The first-order chi connectivity index (χ1) is 11.1. The van der Waals surface area contributed by atoms with E-state index in [0.717, 1.165) is 16.8 Å². The first-order valence-corrected chi connectivity index (χ1v) is 7.19. The highest BCUT2D eigenvalue weighted by molar-refractivity contribution is 5.44. The predicted octanol–water partition coefficient (Wildman–Crippen LogP) is 1.56. The van der Waals surface area contributed by atoms with Crippen molar-refractivity contribution in [3.05, 3.63) is 63.8 Å². The molecule has 0 aliphatic heterocycles. The van der Waals surface area contributed by atoms with Gasteiger partial charge in [-0.1, -0.05) is 12.1 Å². The highest BCUT2D eigenvalue weighted by atomic mass is 16.5. The molecule has 0 aliphatic carbocycles. The van der Waals surface area contributed by atoms with Crippen molar-refractivity contribution < 1.29 is 4.74 Å². The molecule has 0 spiro atoms. The Balaban J connectivity index is 1.94. The van der Waals surface area contributed by atoms with Gasteiger partial charge in [-0.05, 0) is 48.0 Å². The molecule has 0 aliphatic rings. The van der Waals surface area contributed by atoms with Crippen molar-refractivity contribution in [1.82, 2.24) is 24.8 Å². The molecule has 2 aromatic heterocycles. The third-order valence-electron chi connectivity index (χ3n) is 3.60. The van der Waals surface area contributed by atoms with Crippen LogP contribution in [0.3, 0.4) is 0 Å². The molecule has 0 radical (unpaired) electrons. The van der Waals surface area contributed by atoms with E-state index in [9.17, 15) is 4.79 Å². The average molecular weight is 311 g/mol. The first kappa shape index (κ1) is 15.0. The summed E-state index contributed by atoms with van der Waals surface area (Å²) < 4.78 is 8.27. The summed E-state index contributed by atoms with van der Waals surface area (Å²) >= 11 is 0. The number of tetrazole rings is 1. The fourth-order valence-corrected chi connectivity index (χ4v) is 2.23. The van der Waals surface area contributed by atoms with Crippen LogP contribution < -0.4 is 10.4 Å². The molecule has 0 atom stereocenters. The average Bonchev–Trinajstić information content (AvgIpc) is 2.87. The molecule has 0 unspecified atom stereocenters. The molecule has 118 valence electrons. The topological polar surface area (TPSA) is 74.8 Å². The van der Waals surface area contributed by atoms with Gasteiger partial charge in [-0.2, -0.15) is 9.36 Å². The van der Waals surface area contributed by atoms with Crippen molar-refractivity contribution in [2.24, 2.45) is 7.05 Å². The number of aryl methyl sites for hydroxylation is 3. The minimum atomic E-state index is -0.297. The zero-order chi connectivity index (χ0) is 16.4. The lowest BCUT2D eigenvalue weighted by atomic mass is 10.1. The molecule has 0 amide bonds. The van der Waals surface area contributed by atoms with Crippen LogP contribution in [0.5, 0.6) is 5.75 Å². The van der Waals surface area contributed by atoms with Gasteiger partial charge < -0.3 is 4.74 Å². The highest BCUT2D eigenvalue weighted by Crippen LogP contribution is 2.19. The Bertz CT molecular complexity index is 880. The van der Waals surface area contributed by atoms with Crippen molar-refractivity contribution in [1.29, 1.82) is 0 Å². The van der Waals surface area contributed by atoms with Crippen molar-refractivity contribution in [2.45, 2.75) is 20.5 Å². The second-order valence-electron chi connectivity index (χ2n) is 5.29. The molecule has 1 aromatic carbocycles. The summed E-state index contributed by atoms with van der Waals surface area (Å²) in [6.07, 6.45) is 1.68. The number of hydrogen-bond donors (Lipinski definition) is 0. The van der Waals surface area contributed by atoms with Gasteiger partial charge in [0.1, 0.15) is 12.4 Å². The summed E-state index contributed by atoms with van der Waals surface area (Å²) in [4.78, 5) is 16.3. The third-order valence-corrected chi connectivity index (χ3v) is 3.60. The molecule has 3 rings (SSSR count). The van der Waals surface area contributed by atoms with E-state index in [1.54, 1.807) is 13.2 Å². The Kier molecular flexibility index (Phi) is 3.92. The van der Waals surface area contributed by atoms with Crippen molar-refractivity contribution in [2.75, 3.05) is 0 Å². The van der Waals surface area contributed by atoms with Gasteiger partial charge in [-0.15, -0.1) is 0 Å². The zero-order valence-electron chi connectivity index (χ0n) is 13.2. The van der Waals surface area contributed by atoms with E-state index in [-0.39, 0.29) is 5.69 Å². The molecular formula is C16H17N5O2. The summed E-state index contributed by atoms with van der Waals surface area (Å²) in [5, 5.41) is 7.66. The Morgan fingerprint density at radius 1 is 1.13 bits per heavy atom. The molecule has 0 bridgehead atoms. The minimum Gasteiger partial charge on any atom is -0.487 e. The lowest BCUT2D eigenvalue weighted by Crippen LogP contribution is -2.23. The van der Waals surface area contributed by atoms with Crippen molar-refractivity contribution >= 4 is 0 Å². The molecule has 0 fully saturated rings. The quantitative estimate of drug-likeness (QED) is 0.731. The van der Waals surface area contributed by atoms with Gasteiger partial charge in [0, 0.05) is 18.3 Å². The van der Waals surface area contributed by atoms with Crippen LogP contribution in [0.1, 0.15) is 16.8 Å². The van der Waals surface area contributed by atoms with Crippen LogP contribution in [0.25, 0.3) is 5.69 Å². The standard InChI is InChI=1S/C16H17N5O2/c1-11-5-4-6-15(21-16(22)20(3)18-19-21)14(11)10-23-13-8-7-12(2)17-9-13/h4-9H,10H2,1-3H3. The predicted molar refractivity (Wildman–Crippen MR) is 84.6 cm³/mol. The van der Waals surface area contributed by atoms with Crippen LogP contribution in [0, 0.1) is 13.8 Å². The summed E-state index contributed by atoms with van der Waals surface area (Å²) in [6, 6.07) is 9.44. The van der Waals surface area contributed by atoms with Gasteiger partial charge in [0.15, 0.2) is 0 Å². The van der Waals surface area contributed by atoms with Crippen LogP contribution in [0.2, 0.25) is 0 Å². The maximum atomic E-state index is 12.1. The molecule has 23 heavy (non-hydrogen) atoms. The normalized spacial score (nSPS) is 10.7. The van der Waals surface area contributed by atoms with Crippen LogP contribution in [0.15, 0.2) is 41.3 Å². The Labute approximate surface area is 133 Å². The molecule has 7 nitrogen and oxygen atoms in total. The number of rotatable bonds is 4. The van der Waals surface area contributed by atoms with Crippen LogP contribution in [0.4, 0.5) is 0 Å². The maximum absolute atomic E-state index is 12.1. The fraction of sp³-hybridized carbons (Fsp3) is 0.250. The van der Waals surface area contributed by atoms with E-state index in [4.69, 9.17) is 4.74 Å². The molecule has 0 saturated carbocycles. The highest BCUT2D eigenvalue weighted by Gasteiger charge is 2.13. The first-order valence-electron chi connectivity index (χ1n) is 7.19. The third kappa shape index (κ3) is 2.98. The molecule has 2 heterocycles. The Morgan fingerprint density at radius 3 is 2.61 bits per heavy atom. The lowest BCUT2D eigenvalue weighted by Gasteiger charge is -2.12. The fourth-order valence-electron chi connectivity index (χ4n) is 2.23. The number of pyridine rings is 1. The van der Waals surface area contributed by atoms with Gasteiger partial charge >= 0.3 is 5.69 Å². The van der Waals surface area contributed by atoms with Crippen LogP contribution in [-0.2, 0) is 13.7 Å². The summed E-state index contributed by atoms with van der Waals surface area (Å²) in [5.41, 5.74) is 3.20. The summed E-state index contributed by atoms with van der Waals surface area (Å²) in [6.45, 7) is 4.20. The summed E-state index contributed by atoms with van der Waals surface area (Å²) in [7, 11) is 1.57. The van der Waals surface area contributed by atoms with E-state index in [2.05, 4.69) is 15.4 Å². The minimum absolute atomic E-state index is 0.297. The van der Waals surface area contributed by atoms with E-state index in [1.165, 1.54) is 9.36 Å². The largest absolute Gasteiger partial charge is 0.487 e. The molecule has 7 heteroatoms. The van der Waals surface area contributed by atoms with Gasteiger partial charge in [0.05, 0.1) is 11.9 Å². The van der Waals surface area contributed by atoms with Crippen molar-refractivity contribution in [3.8, 4) is 11.4 Å². The van der Waals surface area contributed by atoms with Crippen LogP contribution >= 0.6 is 0 Å². The maximum Gasteiger partial charge on any atom is 0.368 e. The number of benzene rings is 1. The van der Waals surface area contributed by atoms with Crippen molar-refractivity contribution in [3.63, 3.8) is 0 Å². The lowest BCUT2D eigenvalue weighted by molar-refractivity contribution is 0.303. The van der Waals surface area contributed by atoms with E-state index < -0.39 is 0 Å². The number of nitrogens with zero attached hydrogens (tertiary/aromatic N) is 5. The van der Waals surface area contributed by atoms with E-state index in [0.29, 0.717) is 18.0 Å². The number of aromatic nitrogens is 5. The Hall–Kier alpha value is -2.96. The smallest absolute Gasteiger partial charge is 0.368 e. The second kappa shape index (κ2) is 6.04. The van der Waals surface area contributed by atoms with Crippen LogP contribution in [-0.4, -0.2) is 24.8 Å². The Morgan fingerprint density at radius 2 is 1.96 bits per heavy atom. The second-order valence-corrected chi connectivity index (χ2v) is 5.29. The SMILES string of the molecule is Cc1ccc(OCc2c(C)cccc2-n2nnn(C)c2=O)cn1. The van der Waals surface area contributed by atoms with Gasteiger partial charge in [-0.3, -0.25) is 4.98 Å². The van der Waals surface area contributed by atoms with E-state index in [1.807, 2.05) is 44.2 Å². The van der Waals surface area contributed by atoms with Gasteiger partial charge in [-0.25, -0.2) is 4.79 Å². The monoisotopic (exact) mass is 311 g/mol. The number of ether oxygens (including phenoxy) is 1.